The molecule has 0 aliphatic carbocycles. The molecule has 1 N–H and O–H groups in total. The van der Waals surface area contributed by atoms with E-state index in [1.54, 1.807) is 25.3 Å². The third-order valence-electron chi connectivity index (χ3n) is 5.70. The average Bonchev–Trinajstić information content (AvgIpc) is 3.24. The highest BCUT2D eigenvalue weighted by molar-refractivity contribution is 7.92. The van der Waals surface area contributed by atoms with Crippen LogP contribution in [-0.4, -0.2) is 41.8 Å². The number of hydrogen-bond donors (Lipinski definition) is 1. The zero-order chi connectivity index (χ0) is 26.0. The fourth-order valence-electron chi connectivity index (χ4n) is 3.73. The van der Waals surface area contributed by atoms with Crippen molar-refractivity contribution in [2.75, 3.05) is 31.8 Å². The minimum Gasteiger partial charge on any atom is -0.497 e. The first kappa shape index (κ1) is 25.1. The number of anilines is 1. The number of benzene rings is 3. The van der Waals surface area contributed by atoms with E-state index in [0.717, 1.165) is 16.1 Å². The van der Waals surface area contributed by atoms with Crippen LogP contribution in [0.3, 0.4) is 0 Å². The highest BCUT2D eigenvalue weighted by Crippen LogP contribution is 2.41. The van der Waals surface area contributed by atoms with Crippen molar-refractivity contribution in [2.45, 2.75) is 6.61 Å². The highest BCUT2D eigenvalue weighted by Gasteiger charge is 2.26. The summed E-state index contributed by atoms with van der Waals surface area (Å²) in [6.45, 7) is 0.116. The summed E-state index contributed by atoms with van der Waals surface area (Å²) in [5.41, 5.74) is 2.01. The topological polar surface area (TPSA) is 98.1 Å². The molecular weight excluding hydrogens is 487 g/mol. The molecule has 0 saturated carbocycles. The Labute approximate surface area is 208 Å². The van der Waals surface area contributed by atoms with Gasteiger partial charge in [0.05, 0.1) is 24.6 Å². The van der Waals surface area contributed by atoms with Crippen LogP contribution in [0.4, 0.5) is 10.1 Å². The second-order valence-corrected chi connectivity index (χ2v) is 10.1. The predicted molar refractivity (Wildman–Crippen MR) is 136 cm³/mol. The van der Waals surface area contributed by atoms with E-state index in [1.165, 1.54) is 44.4 Å². The van der Waals surface area contributed by atoms with E-state index in [1.807, 2.05) is 12.1 Å². The van der Waals surface area contributed by atoms with Crippen LogP contribution in [0.25, 0.3) is 22.3 Å². The third kappa shape index (κ3) is 4.99. The first-order chi connectivity index (χ1) is 17.1. The number of furan rings is 1. The van der Waals surface area contributed by atoms with Crippen LogP contribution in [0.15, 0.2) is 65.1 Å². The molecule has 10 heteroatoms. The largest absolute Gasteiger partial charge is 0.497 e. The van der Waals surface area contributed by atoms with E-state index < -0.39 is 21.7 Å². The number of rotatable bonds is 8. The smallest absolute Gasteiger partial charge is 0.255 e. The molecule has 1 amide bonds. The van der Waals surface area contributed by atoms with Gasteiger partial charge in [0, 0.05) is 31.1 Å². The number of carbonyl (C=O) groups is 1. The van der Waals surface area contributed by atoms with Gasteiger partial charge in [-0.2, -0.15) is 0 Å². The lowest BCUT2D eigenvalue weighted by molar-refractivity contribution is 0.0964. The molecule has 4 aromatic rings. The van der Waals surface area contributed by atoms with Gasteiger partial charge < -0.3 is 19.2 Å². The number of nitrogens with one attached hydrogen (secondary N) is 1. The number of methoxy groups -OCH3 is 1. The summed E-state index contributed by atoms with van der Waals surface area (Å²) in [6, 6.07) is 15.9. The van der Waals surface area contributed by atoms with Gasteiger partial charge in [0.15, 0.2) is 0 Å². The molecule has 3 aromatic carbocycles. The van der Waals surface area contributed by atoms with Gasteiger partial charge >= 0.3 is 0 Å². The van der Waals surface area contributed by atoms with Gasteiger partial charge in [-0.1, -0.05) is 12.1 Å². The molecule has 1 aromatic heterocycles. The predicted octanol–water partition coefficient (Wildman–Crippen LogP) is 4.58. The lowest BCUT2D eigenvalue weighted by atomic mass is 10.0. The Morgan fingerprint density at radius 2 is 1.83 bits per heavy atom. The second-order valence-electron chi connectivity index (χ2n) is 8.08. The van der Waals surface area contributed by atoms with E-state index in [2.05, 4.69) is 5.32 Å². The number of fused-ring (bicyclic) bond motifs is 1. The minimum atomic E-state index is -3.65. The van der Waals surface area contributed by atoms with E-state index in [4.69, 9.17) is 13.9 Å². The van der Waals surface area contributed by atoms with Crippen molar-refractivity contribution in [1.82, 2.24) is 5.32 Å². The molecule has 4 rings (SSSR count). The Hall–Kier alpha value is -4.05. The fraction of sp³-hybridized carbons (Fsp3) is 0.192. The SMILES string of the molecule is CNC(=O)c1c(-c2ccc(F)cc2)oc2cc(N(C)S(C)(=O)=O)c(OCc3cccc(OC)c3)cc12. The maximum absolute atomic E-state index is 13.5. The summed E-state index contributed by atoms with van der Waals surface area (Å²) < 4.78 is 56.7. The molecule has 0 aliphatic heterocycles. The van der Waals surface area contributed by atoms with Crippen LogP contribution >= 0.6 is 0 Å². The Morgan fingerprint density at radius 3 is 2.47 bits per heavy atom. The van der Waals surface area contributed by atoms with Crippen molar-refractivity contribution < 1.29 is 31.5 Å². The summed E-state index contributed by atoms with van der Waals surface area (Å²) >= 11 is 0. The summed E-state index contributed by atoms with van der Waals surface area (Å²) in [4.78, 5) is 12.9. The van der Waals surface area contributed by atoms with Crippen molar-refractivity contribution in [2.24, 2.45) is 0 Å². The molecular formula is C26H25FN2O6S. The number of sulfonamides is 1. The summed E-state index contributed by atoms with van der Waals surface area (Å²) in [5.74, 6) is 0.260. The third-order valence-corrected chi connectivity index (χ3v) is 6.89. The molecule has 0 unspecified atom stereocenters. The van der Waals surface area contributed by atoms with Gasteiger partial charge in [0.25, 0.3) is 5.91 Å². The minimum absolute atomic E-state index is 0.116. The van der Waals surface area contributed by atoms with Gasteiger partial charge in [-0.05, 0) is 48.0 Å². The quantitative estimate of drug-likeness (QED) is 0.371. The Bertz CT molecular complexity index is 1530. The van der Waals surface area contributed by atoms with E-state index in [0.29, 0.717) is 16.7 Å². The van der Waals surface area contributed by atoms with Gasteiger partial charge in [0.1, 0.15) is 35.3 Å². The number of nitrogens with zero attached hydrogens (tertiary/aromatic N) is 1. The second kappa shape index (κ2) is 9.90. The molecule has 36 heavy (non-hydrogen) atoms. The van der Waals surface area contributed by atoms with Gasteiger partial charge in [-0.25, -0.2) is 12.8 Å². The fourth-order valence-corrected chi connectivity index (χ4v) is 4.23. The van der Waals surface area contributed by atoms with Crippen molar-refractivity contribution in [3.05, 3.63) is 77.6 Å². The van der Waals surface area contributed by atoms with Crippen molar-refractivity contribution >= 4 is 32.6 Å². The highest BCUT2D eigenvalue weighted by atomic mass is 32.2. The molecule has 1 heterocycles. The van der Waals surface area contributed by atoms with Gasteiger partial charge in [-0.3, -0.25) is 9.10 Å². The van der Waals surface area contributed by atoms with Gasteiger partial charge in [-0.15, -0.1) is 0 Å². The maximum Gasteiger partial charge on any atom is 0.255 e. The van der Waals surface area contributed by atoms with Crippen molar-refractivity contribution in [3.8, 4) is 22.8 Å². The van der Waals surface area contributed by atoms with Crippen LogP contribution in [0, 0.1) is 5.82 Å². The average molecular weight is 513 g/mol. The number of hydrogen-bond acceptors (Lipinski definition) is 6. The Morgan fingerprint density at radius 1 is 1.11 bits per heavy atom. The first-order valence-corrected chi connectivity index (χ1v) is 12.8. The first-order valence-electron chi connectivity index (χ1n) is 10.9. The lowest BCUT2D eigenvalue weighted by Gasteiger charge is -2.20. The van der Waals surface area contributed by atoms with Crippen LogP contribution < -0.4 is 19.1 Å². The van der Waals surface area contributed by atoms with Gasteiger partial charge in [0.2, 0.25) is 10.0 Å². The zero-order valence-corrected chi connectivity index (χ0v) is 21.0. The summed E-state index contributed by atoms with van der Waals surface area (Å²) in [5, 5.41) is 3.02. The maximum atomic E-state index is 13.5. The Balaban J connectivity index is 1.89. The molecule has 188 valence electrons. The van der Waals surface area contributed by atoms with Crippen LogP contribution in [0.1, 0.15) is 15.9 Å². The van der Waals surface area contributed by atoms with Crippen LogP contribution in [-0.2, 0) is 16.6 Å². The number of carbonyl (C=O) groups excluding carboxylic acids is 1. The monoisotopic (exact) mass is 512 g/mol. The summed E-state index contributed by atoms with van der Waals surface area (Å²) in [6.07, 6.45) is 1.07. The molecule has 0 aliphatic rings. The Kier molecular flexibility index (Phi) is 6.89. The molecule has 0 radical (unpaired) electrons. The summed E-state index contributed by atoms with van der Waals surface area (Å²) in [7, 11) is 0.798. The number of halogens is 1. The van der Waals surface area contributed by atoms with Crippen LogP contribution in [0.5, 0.6) is 11.5 Å². The lowest BCUT2D eigenvalue weighted by Crippen LogP contribution is -2.25. The molecule has 0 saturated heterocycles. The molecule has 8 nitrogen and oxygen atoms in total. The van der Waals surface area contributed by atoms with E-state index >= 15 is 0 Å². The molecule has 0 fully saturated rings. The molecule has 0 atom stereocenters. The number of amides is 1. The van der Waals surface area contributed by atoms with Crippen LogP contribution in [0.2, 0.25) is 0 Å². The molecule has 0 spiro atoms. The normalized spacial score (nSPS) is 11.4. The number of ether oxygens (including phenoxy) is 2. The molecule has 0 bridgehead atoms. The van der Waals surface area contributed by atoms with Crippen molar-refractivity contribution in [1.29, 1.82) is 0 Å². The van der Waals surface area contributed by atoms with E-state index in [-0.39, 0.29) is 35.0 Å². The zero-order valence-electron chi connectivity index (χ0n) is 20.2. The standard InChI is InChI=1S/C26H25FN2O6S/c1-28-26(30)24-20-13-23(34-15-16-6-5-7-19(12-16)33-3)21(29(2)36(4,31)32)14-22(20)35-25(24)17-8-10-18(27)11-9-17/h5-14H,15H2,1-4H3,(H,28,30). The van der Waals surface area contributed by atoms with E-state index in [9.17, 15) is 17.6 Å². The van der Waals surface area contributed by atoms with Crippen molar-refractivity contribution in [3.63, 3.8) is 0 Å².